The van der Waals surface area contributed by atoms with Crippen molar-refractivity contribution in [1.29, 1.82) is 0 Å². The molecule has 17 rings (SSSR count). The third kappa shape index (κ3) is 37.3. The molecule has 1 saturated heterocycles. The Bertz CT molecular complexity index is 4930. The number of hydrogen-bond acceptors (Lipinski definition) is 8. The van der Waals surface area contributed by atoms with Crippen molar-refractivity contribution in [3.05, 3.63) is 461 Å². The van der Waals surface area contributed by atoms with Gasteiger partial charge in [-0.1, -0.05) is 365 Å². The van der Waals surface area contributed by atoms with Crippen LogP contribution in [0.25, 0.3) is 0 Å². The Hall–Kier alpha value is -7.04. The minimum Gasteiger partial charge on any atom is -0.741 e. The standard InChI is InChI=1S/2C18H15P.2C17H14P.2C11H9S.C2H4Cl2.2CHF3O3S.2Ag.2Fe/c2*1-4-10-16(11-5-1)19(17-12-6-2-7-13-17)18-14-8-3-9-15-18;2*1-3-9-15(10-4-1)18(17-13-7-8-14-17)16-11-5-2-6-12-16;2*1-2-6-10(7-3-1)12-11-8-4-5-9-11;1-3-2-4-1;2*2-1(3,4)8(5,6)7;;;;/h2*1-15H;2*1-14H;2*1-9H;1-2H2;2*(H,5,6,7);;;;/q;;4*-1;+2;;;2*+1;;/p-2. The minimum atomic E-state index is -6.09. The average Bonchev–Trinajstić information content (AvgIpc) is 1.33. The number of halogens is 8. The Balaban J connectivity index is 0.000000249. The minimum absolute atomic E-state index is 0. The summed E-state index contributed by atoms with van der Waals surface area (Å²) in [6.07, 6.45) is 0. The van der Waals surface area contributed by atoms with Crippen molar-refractivity contribution < 1.29 is 153 Å². The van der Waals surface area contributed by atoms with Crippen molar-refractivity contribution in [2.45, 2.75) is 30.6 Å². The van der Waals surface area contributed by atoms with Crippen LogP contribution in [0.5, 0.6) is 0 Å². The van der Waals surface area contributed by atoms with Crippen LogP contribution in [0.1, 0.15) is 0 Å². The van der Waals surface area contributed by atoms with Gasteiger partial charge in [-0.05, 0) is 103 Å². The van der Waals surface area contributed by atoms with Gasteiger partial charge in [-0.15, -0.1) is 10.6 Å². The van der Waals surface area contributed by atoms with E-state index in [2.05, 4.69) is 471 Å². The number of rotatable bonds is 16. The molecule has 640 valence electrons. The molecule has 0 amide bonds. The fraction of sp³-hybridized carbons (Fsp3) is 0.0417. The summed E-state index contributed by atoms with van der Waals surface area (Å²) in [5.41, 5.74) is -11.3. The second kappa shape index (κ2) is 57.5. The average molecular weight is 2090 g/mol. The first-order valence-electron chi connectivity index (χ1n) is 36.3. The van der Waals surface area contributed by atoms with E-state index in [0.29, 0.717) is 0 Å². The molecule has 6 nitrogen and oxygen atoms in total. The van der Waals surface area contributed by atoms with Gasteiger partial charge in [0.15, 0.2) is 20.2 Å². The molecule has 0 atom stereocenters. The zero-order valence-corrected chi connectivity index (χ0v) is 78.0. The zero-order chi connectivity index (χ0) is 83.5. The topological polar surface area (TPSA) is 114 Å². The molecule has 1 aliphatic rings. The zero-order valence-electron chi connectivity index (χ0n) is 64.5. The molecule has 1 fully saturated rings. The summed E-state index contributed by atoms with van der Waals surface area (Å²) < 4.78 is 118. The van der Waals surface area contributed by atoms with E-state index in [4.69, 9.17) is 25.9 Å². The molecule has 0 saturated carbocycles. The molecule has 1 heterocycles. The molecule has 1 aliphatic heterocycles. The summed E-state index contributed by atoms with van der Waals surface area (Å²) in [6, 6.07) is 163. The van der Waals surface area contributed by atoms with Crippen molar-refractivity contribution in [2.75, 3.05) is 10.7 Å². The first-order chi connectivity index (χ1) is 57.2. The molecular formula is C96H80Ag2Cl2F6Fe2O6P4S4-2. The molecule has 0 radical (unpaired) electrons. The maximum Gasteiger partial charge on any atom is 1.00 e. The maximum absolute atomic E-state index is 10.7. The first-order valence-corrected chi connectivity index (χ1v) is 48.3. The van der Waals surface area contributed by atoms with Crippen LogP contribution < -0.4 is 63.7 Å². The van der Waals surface area contributed by atoms with Crippen LogP contribution in [0.4, 0.5) is 26.3 Å². The fourth-order valence-corrected chi connectivity index (χ4v) is 22.3. The van der Waals surface area contributed by atoms with Gasteiger partial charge < -0.3 is 9.11 Å². The van der Waals surface area contributed by atoms with E-state index in [1.165, 1.54) is 93.9 Å². The van der Waals surface area contributed by atoms with Gasteiger partial charge in [0.2, 0.25) is 0 Å². The molecule has 16 aromatic carbocycles. The van der Waals surface area contributed by atoms with Gasteiger partial charge in [0.25, 0.3) is 21.6 Å². The fourth-order valence-electron chi connectivity index (χ4n) is 10.8. The summed E-state index contributed by atoms with van der Waals surface area (Å²) in [4.78, 5) is 5.20. The molecule has 0 bridgehead atoms. The van der Waals surface area contributed by atoms with Crippen LogP contribution in [-0.2, 0) is 99.1 Å². The molecule has 0 aromatic heterocycles. The smallest absolute Gasteiger partial charge is 0.741 e. The van der Waals surface area contributed by atoms with E-state index in [-0.39, 0.29) is 78.9 Å². The van der Waals surface area contributed by atoms with Gasteiger partial charge in [0.1, 0.15) is 0 Å². The van der Waals surface area contributed by atoms with Crippen molar-refractivity contribution in [3.63, 3.8) is 0 Å². The van der Waals surface area contributed by atoms with Crippen LogP contribution in [0.3, 0.4) is 0 Å². The largest absolute Gasteiger partial charge is 1.00 e. The van der Waals surface area contributed by atoms with Crippen LogP contribution in [0, 0.1) is 21.6 Å². The summed E-state index contributed by atoms with van der Waals surface area (Å²) in [5.74, 6) is 0. The number of alkyl halides is 10. The first kappa shape index (κ1) is 105. The monoisotopic (exact) mass is 2090 g/mol. The van der Waals surface area contributed by atoms with Gasteiger partial charge in [0.05, 0.1) is 0 Å². The van der Waals surface area contributed by atoms with E-state index in [9.17, 15) is 26.3 Å². The van der Waals surface area contributed by atoms with Crippen molar-refractivity contribution in [3.8, 4) is 0 Å². The van der Waals surface area contributed by atoms with Gasteiger partial charge in [-0.3, -0.25) is 0 Å². The quantitative estimate of drug-likeness (QED) is 0.0179. The van der Waals surface area contributed by atoms with Gasteiger partial charge >= 0.3 is 66.5 Å². The summed E-state index contributed by atoms with van der Waals surface area (Å²) in [7, 11) is -9.22. The Morgan fingerprint density at radius 3 is 0.541 bits per heavy atom. The third-order valence-corrected chi connectivity index (χ3v) is 31.3. The normalized spacial score (nSPS) is 11.0. The van der Waals surface area contributed by atoms with Crippen molar-refractivity contribution in [2.24, 2.45) is 0 Å². The van der Waals surface area contributed by atoms with Crippen LogP contribution in [-0.4, -0.2) is 47.6 Å². The third-order valence-electron chi connectivity index (χ3n) is 16.0. The summed E-state index contributed by atoms with van der Waals surface area (Å²) in [6.45, 7) is 0. The van der Waals surface area contributed by atoms with Gasteiger partial charge in [0, 0.05) is 34.1 Å². The predicted octanol–water partition coefficient (Wildman–Crippen LogP) is 20.5. The molecule has 0 N–H and O–H groups in total. The summed E-state index contributed by atoms with van der Waals surface area (Å²) in [5, 5.41) is 19.3. The van der Waals surface area contributed by atoms with Crippen molar-refractivity contribution in [1.82, 2.24) is 0 Å². The van der Waals surface area contributed by atoms with E-state index >= 15 is 0 Å². The van der Waals surface area contributed by atoms with E-state index in [1.807, 2.05) is 12.1 Å². The molecule has 0 aliphatic carbocycles. The van der Waals surface area contributed by atoms with Gasteiger partial charge in [-0.2, -0.15) is 98.4 Å². The molecule has 16 aromatic rings. The maximum atomic E-state index is 10.7. The number of benzene rings is 12. The second-order valence-electron chi connectivity index (χ2n) is 24.4. The molecule has 26 heteroatoms. The molecule has 0 unspecified atom stereocenters. The van der Waals surface area contributed by atoms with Crippen LogP contribution >= 0.6 is 55.2 Å². The van der Waals surface area contributed by atoms with Crippen molar-refractivity contribution >= 4 is 139 Å². The number of hydrogen-bond donors (Lipinski definition) is 0. The van der Waals surface area contributed by atoms with E-state index < -0.39 is 62.9 Å². The second-order valence-corrected chi connectivity index (χ2v) is 40.7. The van der Waals surface area contributed by atoms with E-state index in [0.717, 1.165) is 0 Å². The van der Waals surface area contributed by atoms with E-state index in [1.54, 1.807) is 23.5 Å². The molecule has 0 spiro atoms. The Labute approximate surface area is 786 Å². The van der Waals surface area contributed by atoms with Crippen LogP contribution in [0.15, 0.2) is 481 Å². The Kier molecular flexibility index (Phi) is 49.8. The predicted molar refractivity (Wildman–Crippen MR) is 478 cm³/mol. The Morgan fingerprint density at radius 1 is 0.254 bits per heavy atom. The molecule has 122 heavy (non-hydrogen) atoms. The molecular weight excluding hydrogens is 2010 g/mol. The van der Waals surface area contributed by atoms with Crippen LogP contribution in [0.2, 0.25) is 0 Å². The Morgan fingerprint density at radius 2 is 0.393 bits per heavy atom. The van der Waals surface area contributed by atoms with Gasteiger partial charge in [-0.25, -0.2) is 65.4 Å². The SMILES string of the molecule is C1[Cl+]C[Cl+]1.O=S(=O)([O-])C(F)(F)F.O=S(=O)([O-])C(F)(F)F.[Ag+].[Ag+].[Fe].[Fe].c1ccc(P(c2ccccc2)[c-]2cccc2)cc1.c1ccc(P(c2ccccc2)[c-]2cccc2)cc1.c1ccc(P(c2ccccc2)c2ccccc2)cc1.c1ccc(P(c2ccccc2)c2ccccc2)cc1.c1ccc(S[c-]2cccc2)cc1.c1ccc(S[c-]2cccc2)cc1. The summed E-state index contributed by atoms with van der Waals surface area (Å²) >= 11 is 3.59.